The molecule has 5 unspecified atom stereocenters. The molecule has 3 fully saturated rings. The second-order valence-corrected chi connectivity index (χ2v) is 8.50. The van der Waals surface area contributed by atoms with Gasteiger partial charge in [0, 0.05) is 5.56 Å². The molecule has 92 valence electrons. The van der Waals surface area contributed by atoms with Crippen LogP contribution in [0.25, 0.3) is 0 Å². The molecule has 3 aliphatic carbocycles. The quantitative estimate of drug-likeness (QED) is 0.621. The maximum atomic E-state index is 6.65. The molecule has 1 aromatic heterocycles. The first-order valence-corrected chi connectivity index (χ1v) is 8.26. The molecule has 2 bridgehead atoms. The van der Waals surface area contributed by atoms with Crippen molar-refractivity contribution in [3.8, 4) is 0 Å². The fourth-order valence-electron chi connectivity index (χ4n) is 4.53. The molecule has 0 radical (unpaired) electrons. The summed E-state index contributed by atoms with van der Waals surface area (Å²) in [6, 6.07) is 1.96. The van der Waals surface area contributed by atoms with E-state index in [4.69, 9.17) is 34.8 Å². The van der Waals surface area contributed by atoms with Gasteiger partial charge in [0.15, 0.2) is 0 Å². The SMILES string of the molecule is Clc1cc(C(Cl)C2C3C4CCC(C4)C32)c(Cl)s1. The van der Waals surface area contributed by atoms with Crippen LogP contribution in [0.1, 0.15) is 30.2 Å². The number of fused-ring (bicyclic) bond motifs is 5. The first-order valence-electron chi connectivity index (χ1n) is 6.25. The lowest BCUT2D eigenvalue weighted by molar-refractivity contribution is 0.455. The van der Waals surface area contributed by atoms with Crippen molar-refractivity contribution in [3.05, 3.63) is 20.3 Å². The Morgan fingerprint density at radius 2 is 1.82 bits per heavy atom. The van der Waals surface area contributed by atoms with Gasteiger partial charge in [0.2, 0.25) is 0 Å². The largest absolute Gasteiger partial charge is 0.117 e. The van der Waals surface area contributed by atoms with E-state index in [2.05, 4.69) is 0 Å². The molecule has 4 heteroatoms. The van der Waals surface area contributed by atoms with E-state index < -0.39 is 0 Å². The van der Waals surface area contributed by atoms with Crippen molar-refractivity contribution in [2.24, 2.45) is 29.6 Å². The number of hydrogen-bond acceptors (Lipinski definition) is 1. The van der Waals surface area contributed by atoms with Crippen molar-refractivity contribution in [1.29, 1.82) is 0 Å². The van der Waals surface area contributed by atoms with Gasteiger partial charge in [0.1, 0.15) is 0 Å². The van der Waals surface area contributed by atoms with Crippen LogP contribution in [-0.4, -0.2) is 0 Å². The van der Waals surface area contributed by atoms with Crippen LogP contribution in [0.3, 0.4) is 0 Å². The van der Waals surface area contributed by atoms with Crippen LogP contribution in [0.5, 0.6) is 0 Å². The van der Waals surface area contributed by atoms with Crippen molar-refractivity contribution in [2.45, 2.75) is 24.6 Å². The Labute approximate surface area is 120 Å². The predicted octanol–water partition coefficient (Wildman–Crippen LogP) is 5.63. The molecule has 0 aromatic carbocycles. The first kappa shape index (κ1) is 11.4. The van der Waals surface area contributed by atoms with E-state index in [1.165, 1.54) is 30.6 Å². The standard InChI is InChI=1S/C13H13Cl3S/c14-8-4-7(13(16)17-8)12(15)11-9-5-1-2-6(3-5)10(9)11/h4-6,9-12H,1-3H2. The van der Waals surface area contributed by atoms with Gasteiger partial charge in [-0.1, -0.05) is 23.2 Å². The van der Waals surface area contributed by atoms with E-state index in [9.17, 15) is 0 Å². The maximum Gasteiger partial charge on any atom is 0.0991 e. The van der Waals surface area contributed by atoms with Gasteiger partial charge in [-0.25, -0.2) is 0 Å². The van der Waals surface area contributed by atoms with E-state index >= 15 is 0 Å². The van der Waals surface area contributed by atoms with E-state index in [1.807, 2.05) is 6.07 Å². The summed E-state index contributed by atoms with van der Waals surface area (Å²) in [4.78, 5) is 0. The van der Waals surface area contributed by atoms with E-state index in [0.717, 1.165) is 37.9 Å². The third-order valence-corrected chi connectivity index (χ3v) is 7.16. The summed E-state index contributed by atoms with van der Waals surface area (Å²) >= 11 is 20.3. The summed E-state index contributed by atoms with van der Waals surface area (Å²) in [5.41, 5.74) is 1.07. The monoisotopic (exact) mass is 306 g/mol. The molecule has 3 saturated carbocycles. The molecule has 0 nitrogen and oxygen atoms in total. The maximum absolute atomic E-state index is 6.65. The summed E-state index contributed by atoms with van der Waals surface area (Å²) in [7, 11) is 0. The van der Waals surface area contributed by atoms with Crippen molar-refractivity contribution in [2.75, 3.05) is 0 Å². The van der Waals surface area contributed by atoms with Gasteiger partial charge >= 0.3 is 0 Å². The molecule has 0 aliphatic heterocycles. The Morgan fingerprint density at radius 1 is 1.18 bits per heavy atom. The summed E-state index contributed by atoms with van der Waals surface area (Å²) in [6.07, 6.45) is 4.34. The summed E-state index contributed by atoms with van der Waals surface area (Å²) < 4.78 is 1.54. The van der Waals surface area contributed by atoms with Crippen LogP contribution in [0, 0.1) is 29.6 Å². The van der Waals surface area contributed by atoms with Crippen molar-refractivity contribution in [1.82, 2.24) is 0 Å². The lowest BCUT2D eigenvalue weighted by Crippen LogP contribution is -2.03. The normalized spacial score (nSPS) is 43.8. The summed E-state index contributed by atoms with van der Waals surface area (Å²) in [6.45, 7) is 0. The smallest absolute Gasteiger partial charge is 0.0991 e. The van der Waals surface area contributed by atoms with Gasteiger partial charge in [0.25, 0.3) is 0 Å². The molecule has 17 heavy (non-hydrogen) atoms. The molecule has 0 spiro atoms. The van der Waals surface area contributed by atoms with Crippen LogP contribution in [-0.2, 0) is 0 Å². The fourth-order valence-corrected chi connectivity index (χ4v) is 6.71. The van der Waals surface area contributed by atoms with Gasteiger partial charge in [-0.3, -0.25) is 0 Å². The topological polar surface area (TPSA) is 0 Å². The number of alkyl halides is 1. The zero-order valence-electron chi connectivity index (χ0n) is 9.20. The van der Waals surface area contributed by atoms with Crippen LogP contribution >= 0.6 is 46.1 Å². The summed E-state index contributed by atoms with van der Waals surface area (Å²) in [5, 5.41) is 0.0876. The number of rotatable bonds is 2. The summed E-state index contributed by atoms with van der Waals surface area (Å²) in [5.74, 6) is 4.39. The highest BCUT2D eigenvalue weighted by atomic mass is 35.5. The Bertz CT molecular complexity index is 453. The average molecular weight is 308 g/mol. The average Bonchev–Trinajstić information content (AvgIpc) is 2.59. The molecular weight excluding hydrogens is 295 g/mol. The second kappa shape index (κ2) is 3.79. The molecule has 0 saturated heterocycles. The minimum Gasteiger partial charge on any atom is -0.117 e. The highest BCUT2D eigenvalue weighted by Crippen LogP contribution is 2.73. The predicted molar refractivity (Wildman–Crippen MR) is 74.2 cm³/mol. The van der Waals surface area contributed by atoms with Crippen LogP contribution in [0.4, 0.5) is 0 Å². The number of halogens is 3. The molecule has 5 atom stereocenters. The minimum absolute atomic E-state index is 0.0876. The Hall–Kier alpha value is 0.570. The van der Waals surface area contributed by atoms with Crippen LogP contribution in [0.15, 0.2) is 6.07 Å². The van der Waals surface area contributed by atoms with Crippen molar-refractivity contribution >= 4 is 46.1 Å². The fraction of sp³-hybridized carbons (Fsp3) is 0.692. The van der Waals surface area contributed by atoms with Crippen molar-refractivity contribution in [3.63, 3.8) is 0 Å². The lowest BCUT2D eigenvalue weighted by atomic mass is 9.98. The van der Waals surface area contributed by atoms with Crippen molar-refractivity contribution < 1.29 is 0 Å². The molecule has 4 rings (SSSR count). The van der Waals surface area contributed by atoms with Gasteiger partial charge in [-0.15, -0.1) is 22.9 Å². The van der Waals surface area contributed by atoms with Gasteiger partial charge in [-0.05, 0) is 54.9 Å². The van der Waals surface area contributed by atoms with E-state index in [1.54, 1.807) is 0 Å². The molecular formula is C13H13Cl3S. The Morgan fingerprint density at radius 3 is 2.35 bits per heavy atom. The lowest BCUT2D eigenvalue weighted by Gasteiger charge is -2.13. The number of hydrogen-bond donors (Lipinski definition) is 0. The molecule has 0 N–H and O–H groups in total. The highest BCUT2D eigenvalue weighted by Gasteiger charge is 2.66. The zero-order chi connectivity index (χ0) is 11.7. The Balaban J connectivity index is 1.59. The van der Waals surface area contributed by atoms with Gasteiger partial charge in [0.05, 0.1) is 14.0 Å². The zero-order valence-corrected chi connectivity index (χ0v) is 12.3. The van der Waals surface area contributed by atoms with E-state index in [-0.39, 0.29) is 5.38 Å². The van der Waals surface area contributed by atoms with Gasteiger partial charge in [-0.2, -0.15) is 0 Å². The van der Waals surface area contributed by atoms with E-state index in [0.29, 0.717) is 5.92 Å². The highest BCUT2D eigenvalue weighted by molar-refractivity contribution is 7.20. The minimum atomic E-state index is 0.0876. The van der Waals surface area contributed by atoms with Crippen LogP contribution in [0.2, 0.25) is 8.67 Å². The Kier molecular flexibility index (Phi) is 2.54. The van der Waals surface area contributed by atoms with Gasteiger partial charge < -0.3 is 0 Å². The molecule has 0 amide bonds. The molecule has 1 heterocycles. The van der Waals surface area contributed by atoms with Crippen LogP contribution < -0.4 is 0 Å². The number of thiophene rings is 1. The first-order chi connectivity index (χ1) is 8.16. The second-order valence-electron chi connectivity index (χ2n) is 5.75. The molecule has 1 aromatic rings. The molecule has 3 aliphatic rings. The third kappa shape index (κ3) is 1.55. The third-order valence-electron chi connectivity index (χ3n) is 5.11.